The van der Waals surface area contributed by atoms with E-state index in [9.17, 15) is 9.59 Å². The second-order valence-electron chi connectivity index (χ2n) is 9.09. The molecule has 1 aliphatic heterocycles. The van der Waals surface area contributed by atoms with Crippen molar-refractivity contribution in [3.8, 4) is 0 Å². The van der Waals surface area contributed by atoms with Crippen molar-refractivity contribution in [2.75, 3.05) is 13.1 Å². The summed E-state index contributed by atoms with van der Waals surface area (Å²) in [5.41, 5.74) is 6.68. The lowest BCUT2D eigenvalue weighted by Crippen LogP contribution is -2.42. The lowest BCUT2D eigenvalue weighted by atomic mass is 9.90. The van der Waals surface area contributed by atoms with E-state index in [1.807, 2.05) is 22.5 Å². The van der Waals surface area contributed by atoms with Gasteiger partial charge in [-0.05, 0) is 43.6 Å². The highest BCUT2D eigenvalue weighted by Gasteiger charge is 2.28. The summed E-state index contributed by atoms with van der Waals surface area (Å²) in [5.74, 6) is 1.59. The summed E-state index contributed by atoms with van der Waals surface area (Å²) in [4.78, 5) is 26.3. The number of nitrogens with two attached hydrogens (primary N) is 1. The van der Waals surface area contributed by atoms with Gasteiger partial charge in [-0.25, -0.2) is 0 Å². The van der Waals surface area contributed by atoms with E-state index >= 15 is 0 Å². The molecule has 0 saturated carbocycles. The van der Waals surface area contributed by atoms with Gasteiger partial charge in [-0.2, -0.15) is 0 Å². The predicted octanol–water partition coefficient (Wildman–Crippen LogP) is 3.31. The Labute approximate surface area is 195 Å². The van der Waals surface area contributed by atoms with E-state index in [0.29, 0.717) is 18.3 Å². The third-order valence-corrected chi connectivity index (χ3v) is 6.93. The maximum atomic E-state index is 13.1. The summed E-state index contributed by atoms with van der Waals surface area (Å²) >= 11 is 1.45. The topological polar surface area (TPSA) is 94.1 Å². The minimum atomic E-state index is -0.350. The molecule has 1 aromatic carbocycles. The minimum absolute atomic E-state index is 0.158. The molecule has 2 aromatic rings. The van der Waals surface area contributed by atoms with Crippen LogP contribution >= 0.6 is 11.8 Å². The molecule has 1 fully saturated rings. The number of hydrogen-bond donors (Lipinski definition) is 1. The maximum Gasteiger partial charge on any atom is 0.235 e. The van der Waals surface area contributed by atoms with Gasteiger partial charge in [-0.1, -0.05) is 55.9 Å². The van der Waals surface area contributed by atoms with Crippen LogP contribution in [0.2, 0.25) is 0 Å². The number of thioether (sulfide) groups is 1. The second kappa shape index (κ2) is 11.5. The van der Waals surface area contributed by atoms with Crippen LogP contribution in [0.15, 0.2) is 35.5 Å². The van der Waals surface area contributed by atoms with Crippen LogP contribution in [0.1, 0.15) is 51.4 Å². The molecule has 1 atom stereocenters. The first-order chi connectivity index (χ1) is 15.3. The number of piperidine rings is 1. The van der Waals surface area contributed by atoms with Crippen LogP contribution in [-0.4, -0.2) is 49.8 Å². The van der Waals surface area contributed by atoms with Crippen molar-refractivity contribution in [1.29, 1.82) is 0 Å². The van der Waals surface area contributed by atoms with Crippen LogP contribution in [0.3, 0.4) is 0 Å². The number of aryl methyl sites for hydroxylation is 1. The monoisotopic (exact) mass is 457 g/mol. The fourth-order valence-corrected chi connectivity index (χ4v) is 5.11. The van der Waals surface area contributed by atoms with E-state index < -0.39 is 0 Å². The molecule has 7 nitrogen and oxygen atoms in total. The molecule has 1 aliphatic rings. The molecular formula is C24H35N5O2S. The van der Waals surface area contributed by atoms with Gasteiger partial charge in [0.05, 0.1) is 5.25 Å². The third-order valence-electron chi connectivity index (χ3n) is 5.86. The van der Waals surface area contributed by atoms with Gasteiger partial charge >= 0.3 is 0 Å². The van der Waals surface area contributed by atoms with Crippen molar-refractivity contribution in [1.82, 2.24) is 19.7 Å². The molecule has 174 valence electrons. The van der Waals surface area contributed by atoms with Gasteiger partial charge < -0.3 is 15.2 Å². The first kappa shape index (κ1) is 24.3. The Morgan fingerprint density at radius 1 is 1.12 bits per heavy atom. The van der Waals surface area contributed by atoms with Crippen LogP contribution in [0.4, 0.5) is 0 Å². The average molecular weight is 458 g/mol. The Hall–Kier alpha value is -2.35. The first-order valence-corrected chi connectivity index (χ1v) is 12.4. The molecule has 3 rings (SSSR count). The highest BCUT2D eigenvalue weighted by atomic mass is 32.2. The number of aromatic nitrogens is 3. The zero-order valence-corrected chi connectivity index (χ0v) is 20.2. The highest BCUT2D eigenvalue weighted by Crippen LogP contribution is 2.28. The zero-order valence-electron chi connectivity index (χ0n) is 19.4. The summed E-state index contributed by atoms with van der Waals surface area (Å²) < 4.78 is 2.04. The Morgan fingerprint density at radius 3 is 2.44 bits per heavy atom. The van der Waals surface area contributed by atoms with Crippen molar-refractivity contribution in [2.24, 2.45) is 17.6 Å². The maximum absolute atomic E-state index is 13.1. The molecule has 1 unspecified atom stereocenters. The van der Waals surface area contributed by atoms with Crippen LogP contribution in [-0.2, 0) is 29.0 Å². The van der Waals surface area contributed by atoms with Gasteiger partial charge in [0.1, 0.15) is 5.82 Å². The first-order valence-electron chi connectivity index (χ1n) is 11.5. The normalized spacial score (nSPS) is 15.8. The lowest BCUT2D eigenvalue weighted by molar-refractivity contribution is -0.131. The van der Waals surface area contributed by atoms with Crippen molar-refractivity contribution in [3.05, 3.63) is 41.7 Å². The summed E-state index contributed by atoms with van der Waals surface area (Å²) in [5, 5.41) is 9.10. The fourth-order valence-electron chi connectivity index (χ4n) is 4.15. The van der Waals surface area contributed by atoms with E-state index in [1.54, 1.807) is 0 Å². The molecule has 2 heterocycles. The molecule has 2 amide bonds. The number of rotatable bonds is 10. The third kappa shape index (κ3) is 6.82. The average Bonchev–Trinajstić information content (AvgIpc) is 3.13. The molecule has 0 aliphatic carbocycles. The van der Waals surface area contributed by atoms with Crippen LogP contribution < -0.4 is 5.73 Å². The molecule has 0 radical (unpaired) electrons. The van der Waals surface area contributed by atoms with Crippen molar-refractivity contribution in [3.63, 3.8) is 0 Å². The van der Waals surface area contributed by atoms with E-state index in [-0.39, 0.29) is 23.5 Å². The predicted molar refractivity (Wildman–Crippen MR) is 127 cm³/mol. The van der Waals surface area contributed by atoms with Gasteiger partial charge in [-0.3, -0.25) is 9.59 Å². The Morgan fingerprint density at radius 2 is 1.81 bits per heavy atom. The number of amides is 2. The van der Waals surface area contributed by atoms with Crippen molar-refractivity contribution < 1.29 is 9.59 Å². The summed E-state index contributed by atoms with van der Waals surface area (Å²) in [6.07, 6.45) is 3.87. The molecule has 32 heavy (non-hydrogen) atoms. The smallest absolute Gasteiger partial charge is 0.235 e. The van der Waals surface area contributed by atoms with Crippen molar-refractivity contribution >= 4 is 23.6 Å². The van der Waals surface area contributed by atoms with Crippen LogP contribution in [0.5, 0.6) is 0 Å². The molecular weight excluding hydrogens is 422 g/mol. The van der Waals surface area contributed by atoms with Gasteiger partial charge in [0.2, 0.25) is 11.8 Å². The number of carbonyl (C=O) groups is 2. The Balaban J connectivity index is 1.56. The minimum Gasteiger partial charge on any atom is -0.370 e. The molecule has 0 spiro atoms. The number of primary amides is 1. The number of benzene rings is 1. The summed E-state index contributed by atoms with van der Waals surface area (Å²) in [6.45, 7) is 8.56. The zero-order chi connectivity index (χ0) is 23.1. The van der Waals surface area contributed by atoms with E-state index in [1.165, 1.54) is 17.3 Å². The Kier molecular flexibility index (Phi) is 8.73. The quantitative estimate of drug-likeness (QED) is 0.553. The van der Waals surface area contributed by atoms with Crippen LogP contribution in [0, 0.1) is 11.8 Å². The molecule has 0 bridgehead atoms. The van der Waals surface area contributed by atoms with E-state index in [0.717, 1.165) is 49.9 Å². The second-order valence-corrected chi connectivity index (χ2v) is 10.4. The van der Waals surface area contributed by atoms with Crippen LogP contribution in [0.25, 0.3) is 0 Å². The van der Waals surface area contributed by atoms with Crippen molar-refractivity contribution in [2.45, 2.75) is 69.8 Å². The SMILES string of the molecule is CC(C)Cn1c(CCC(N)=O)nnc1SC(C)C(=O)N1CCC(Cc2ccccc2)CC1. The molecule has 1 saturated heterocycles. The van der Waals surface area contributed by atoms with E-state index in [4.69, 9.17) is 5.73 Å². The lowest BCUT2D eigenvalue weighted by Gasteiger charge is -2.33. The Bertz CT molecular complexity index is 891. The molecule has 1 aromatic heterocycles. The molecule has 2 N–H and O–H groups in total. The number of nitrogens with zero attached hydrogens (tertiary/aromatic N) is 4. The standard InChI is InChI=1S/C24H35N5O2S/c1-17(2)16-29-22(10-9-21(25)30)26-27-24(29)32-18(3)23(31)28-13-11-20(12-14-28)15-19-7-5-4-6-8-19/h4-8,17-18,20H,9-16H2,1-3H3,(H2,25,30). The van der Waals surface area contributed by atoms with Gasteiger partial charge in [-0.15, -0.1) is 10.2 Å². The van der Waals surface area contributed by atoms with Gasteiger partial charge in [0, 0.05) is 32.5 Å². The fraction of sp³-hybridized carbons (Fsp3) is 0.583. The summed E-state index contributed by atoms with van der Waals surface area (Å²) in [7, 11) is 0. The van der Waals surface area contributed by atoms with Gasteiger partial charge in [0.25, 0.3) is 0 Å². The number of hydrogen-bond acceptors (Lipinski definition) is 5. The summed E-state index contributed by atoms with van der Waals surface area (Å²) in [6, 6.07) is 10.6. The largest absolute Gasteiger partial charge is 0.370 e. The van der Waals surface area contributed by atoms with E-state index in [2.05, 4.69) is 48.3 Å². The highest BCUT2D eigenvalue weighted by molar-refractivity contribution is 8.00. The van der Waals surface area contributed by atoms with Gasteiger partial charge in [0.15, 0.2) is 5.16 Å². The number of carbonyl (C=O) groups excluding carboxylic acids is 2. The molecule has 8 heteroatoms. The number of likely N-dealkylation sites (tertiary alicyclic amines) is 1.